The standard InChI is InChI=1S/C48H81NO3/c1-3-5-7-9-11-12-13-14-15-16-17-18-19-20-21-22-23-24-25-26-27-28-29-30-31-32-33-34-35-36-38-40-42-44-48(52)49-46(45-50)47(51)43-41-39-37-10-8-6-4-2/h5,7-8,10-12,14-15,17-18,20-21,23-24,41,43,46-47,50-51H,3-4,6,9,13,16,19,22,25-40,42,44-45H2,1-2H3,(H,49,52)/b7-5-,10-8+,12-11-,15-14-,18-17-,21-20-,24-23-,43-41+. The summed E-state index contributed by atoms with van der Waals surface area (Å²) >= 11 is 0. The van der Waals surface area contributed by atoms with Gasteiger partial charge in [-0.15, -0.1) is 0 Å². The molecule has 0 saturated heterocycles. The molecular weight excluding hydrogens is 639 g/mol. The van der Waals surface area contributed by atoms with Gasteiger partial charge in [0, 0.05) is 6.42 Å². The first kappa shape index (κ1) is 49.3. The minimum absolute atomic E-state index is 0.0844. The van der Waals surface area contributed by atoms with Crippen molar-refractivity contribution in [3.63, 3.8) is 0 Å². The molecule has 0 aromatic heterocycles. The Kier molecular flexibility index (Phi) is 40.5. The van der Waals surface area contributed by atoms with Crippen molar-refractivity contribution in [2.24, 2.45) is 0 Å². The van der Waals surface area contributed by atoms with Gasteiger partial charge in [-0.2, -0.15) is 0 Å². The van der Waals surface area contributed by atoms with Gasteiger partial charge in [-0.25, -0.2) is 0 Å². The van der Waals surface area contributed by atoms with Gasteiger partial charge in [0.15, 0.2) is 0 Å². The number of carbonyl (C=O) groups is 1. The van der Waals surface area contributed by atoms with Crippen LogP contribution in [0.25, 0.3) is 0 Å². The average Bonchev–Trinajstić information content (AvgIpc) is 3.15. The fourth-order valence-electron chi connectivity index (χ4n) is 5.79. The van der Waals surface area contributed by atoms with Gasteiger partial charge < -0.3 is 15.5 Å². The fourth-order valence-corrected chi connectivity index (χ4v) is 5.79. The molecule has 0 aliphatic rings. The molecule has 0 aromatic rings. The van der Waals surface area contributed by atoms with Gasteiger partial charge >= 0.3 is 0 Å². The molecule has 0 rings (SSSR count). The second kappa shape index (κ2) is 42.7. The first-order chi connectivity index (χ1) is 25.7. The van der Waals surface area contributed by atoms with E-state index in [0.29, 0.717) is 6.42 Å². The molecule has 0 spiro atoms. The molecule has 3 N–H and O–H groups in total. The zero-order valence-corrected chi connectivity index (χ0v) is 33.8. The smallest absolute Gasteiger partial charge is 0.220 e. The number of aliphatic hydroxyl groups excluding tert-OH is 2. The SMILES string of the molecule is CC/C=C\C/C=C\C/C=C\C/C=C\C/C=C\C/C=C\CCCCCCCCCCCCCCCCC(=O)NC(CO)C(O)/C=C/CC/C=C/CCC. The Labute approximate surface area is 322 Å². The summed E-state index contributed by atoms with van der Waals surface area (Å²) in [6, 6.07) is -0.640. The summed E-state index contributed by atoms with van der Waals surface area (Å²) in [7, 11) is 0. The van der Waals surface area contributed by atoms with E-state index < -0.39 is 12.1 Å². The highest BCUT2D eigenvalue weighted by atomic mass is 16.3. The highest BCUT2D eigenvalue weighted by Gasteiger charge is 2.17. The van der Waals surface area contributed by atoms with Gasteiger partial charge in [0.2, 0.25) is 5.91 Å². The van der Waals surface area contributed by atoms with Gasteiger partial charge in [0.1, 0.15) is 0 Å². The molecule has 0 aliphatic heterocycles. The lowest BCUT2D eigenvalue weighted by molar-refractivity contribution is -0.123. The normalized spacial score (nSPS) is 14.0. The van der Waals surface area contributed by atoms with E-state index in [-0.39, 0.29) is 12.5 Å². The van der Waals surface area contributed by atoms with Crippen molar-refractivity contribution in [2.45, 2.75) is 193 Å². The molecule has 1 amide bonds. The van der Waals surface area contributed by atoms with Crippen LogP contribution in [0.1, 0.15) is 181 Å². The molecule has 0 bridgehead atoms. The van der Waals surface area contributed by atoms with Crippen LogP contribution in [0.15, 0.2) is 97.2 Å². The Morgan fingerprint density at radius 1 is 0.481 bits per heavy atom. The van der Waals surface area contributed by atoms with Gasteiger partial charge in [0.05, 0.1) is 18.8 Å². The maximum Gasteiger partial charge on any atom is 0.220 e. The lowest BCUT2D eigenvalue weighted by Crippen LogP contribution is -2.45. The maximum absolute atomic E-state index is 12.3. The van der Waals surface area contributed by atoms with Crippen molar-refractivity contribution in [1.82, 2.24) is 5.32 Å². The van der Waals surface area contributed by atoms with E-state index in [9.17, 15) is 15.0 Å². The Hall–Kier alpha value is -2.69. The molecular formula is C48H81NO3. The summed E-state index contributed by atoms with van der Waals surface area (Å²) in [5.74, 6) is -0.0844. The first-order valence-electron chi connectivity index (χ1n) is 21.5. The van der Waals surface area contributed by atoms with Crippen molar-refractivity contribution in [3.05, 3.63) is 97.2 Å². The molecule has 0 fully saturated rings. The molecule has 0 heterocycles. The number of hydrogen-bond donors (Lipinski definition) is 3. The molecule has 52 heavy (non-hydrogen) atoms. The number of unbranched alkanes of at least 4 members (excludes halogenated alkanes) is 16. The number of hydrogen-bond acceptors (Lipinski definition) is 3. The number of carbonyl (C=O) groups excluding carboxylic acids is 1. The van der Waals surface area contributed by atoms with Crippen molar-refractivity contribution in [2.75, 3.05) is 6.61 Å². The topological polar surface area (TPSA) is 69.6 Å². The van der Waals surface area contributed by atoms with Crippen molar-refractivity contribution in [3.8, 4) is 0 Å². The Morgan fingerprint density at radius 2 is 0.865 bits per heavy atom. The number of aliphatic hydroxyl groups is 2. The van der Waals surface area contributed by atoms with Crippen LogP contribution in [0.2, 0.25) is 0 Å². The summed E-state index contributed by atoms with van der Waals surface area (Å²) in [6.07, 6.45) is 64.0. The van der Waals surface area contributed by atoms with Crippen LogP contribution in [-0.2, 0) is 4.79 Å². The van der Waals surface area contributed by atoms with Gasteiger partial charge in [-0.3, -0.25) is 4.79 Å². The number of rotatable bonds is 37. The third-order valence-corrected chi connectivity index (χ3v) is 9.03. The van der Waals surface area contributed by atoms with Crippen LogP contribution >= 0.6 is 0 Å². The van der Waals surface area contributed by atoms with Crippen molar-refractivity contribution >= 4 is 5.91 Å². The Morgan fingerprint density at radius 3 is 1.33 bits per heavy atom. The number of nitrogens with one attached hydrogen (secondary N) is 1. The molecule has 4 heteroatoms. The molecule has 4 nitrogen and oxygen atoms in total. The van der Waals surface area contributed by atoms with Crippen LogP contribution in [0.3, 0.4) is 0 Å². The van der Waals surface area contributed by atoms with Crippen LogP contribution in [0.5, 0.6) is 0 Å². The van der Waals surface area contributed by atoms with Crippen LogP contribution in [-0.4, -0.2) is 34.9 Å². The highest BCUT2D eigenvalue weighted by molar-refractivity contribution is 5.76. The van der Waals surface area contributed by atoms with E-state index in [1.54, 1.807) is 6.08 Å². The van der Waals surface area contributed by atoms with Gasteiger partial charge in [-0.05, 0) is 77.0 Å². The van der Waals surface area contributed by atoms with Crippen LogP contribution in [0.4, 0.5) is 0 Å². The van der Waals surface area contributed by atoms with E-state index in [4.69, 9.17) is 0 Å². The zero-order valence-electron chi connectivity index (χ0n) is 33.8. The Balaban J connectivity index is 3.51. The number of allylic oxidation sites excluding steroid dienone is 15. The van der Waals surface area contributed by atoms with Crippen molar-refractivity contribution in [1.29, 1.82) is 0 Å². The fraction of sp³-hybridized carbons (Fsp3) is 0.646. The molecule has 0 aromatic carbocycles. The van der Waals surface area contributed by atoms with Gasteiger partial charge in [-0.1, -0.05) is 195 Å². The highest BCUT2D eigenvalue weighted by Crippen LogP contribution is 2.14. The zero-order chi connectivity index (χ0) is 37.8. The minimum atomic E-state index is -0.863. The third kappa shape index (κ3) is 38.5. The first-order valence-corrected chi connectivity index (χ1v) is 21.5. The van der Waals surface area contributed by atoms with Crippen LogP contribution < -0.4 is 5.32 Å². The summed E-state index contributed by atoms with van der Waals surface area (Å²) in [5, 5.41) is 22.7. The van der Waals surface area contributed by atoms with Gasteiger partial charge in [0.25, 0.3) is 0 Å². The predicted molar refractivity (Wildman–Crippen MR) is 230 cm³/mol. The quantitative estimate of drug-likeness (QED) is 0.0442. The predicted octanol–water partition coefficient (Wildman–Crippen LogP) is 13.5. The molecule has 0 radical (unpaired) electrons. The van der Waals surface area contributed by atoms with E-state index in [1.807, 2.05) is 6.08 Å². The second-order valence-electron chi connectivity index (χ2n) is 14.0. The van der Waals surface area contributed by atoms with E-state index in [1.165, 1.54) is 83.5 Å². The second-order valence-corrected chi connectivity index (χ2v) is 14.0. The minimum Gasteiger partial charge on any atom is -0.394 e. The molecule has 2 atom stereocenters. The molecule has 0 saturated carbocycles. The molecule has 296 valence electrons. The number of amides is 1. The summed E-state index contributed by atoms with van der Waals surface area (Å²) in [4.78, 5) is 12.3. The Bertz CT molecular complexity index is 999. The van der Waals surface area contributed by atoms with E-state index >= 15 is 0 Å². The summed E-state index contributed by atoms with van der Waals surface area (Å²) in [5.41, 5.74) is 0. The van der Waals surface area contributed by atoms with Crippen LogP contribution in [0, 0.1) is 0 Å². The largest absolute Gasteiger partial charge is 0.394 e. The summed E-state index contributed by atoms with van der Waals surface area (Å²) < 4.78 is 0. The third-order valence-electron chi connectivity index (χ3n) is 9.03. The molecule has 0 aliphatic carbocycles. The maximum atomic E-state index is 12.3. The van der Waals surface area contributed by atoms with E-state index in [0.717, 1.165) is 77.0 Å². The monoisotopic (exact) mass is 720 g/mol. The van der Waals surface area contributed by atoms with Crippen molar-refractivity contribution < 1.29 is 15.0 Å². The lowest BCUT2D eigenvalue weighted by atomic mass is 10.0. The summed E-state index contributed by atoms with van der Waals surface area (Å²) in [6.45, 7) is 4.06. The van der Waals surface area contributed by atoms with E-state index in [2.05, 4.69) is 104 Å². The average molecular weight is 720 g/mol. The molecule has 2 unspecified atom stereocenters. The lowest BCUT2D eigenvalue weighted by Gasteiger charge is -2.19.